The number of hydrogen-bond donors (Lipinski definition) is 1. The SMILES string of the molecule is CCOc1ccc(-c2nc3sc4c(c3c(-c3ccc(C)cc3)c2CC(=O)O)CCC4)cc1.Cl. The summed E-state index contributed by atoms with van der Waals surface area (Å²) < 4.78 is 5.59. The van der Waals surface area contributed by atoms with E-state index in [1.54, 1.807) is 11.3 Å². The first kappa shape index (κ1) is 23.3. The van der Waals surface area contributed by atoms with Crippen LogP contribution in [0.3, 0.4) is 0 Å². The van der Waals surface area contributed by atoms with Gasteiger partial charge in [0.2, 0.25) is 0 Å². The highest BCUT2D eigenvalue weighted by molar-refractivity contribution is 7.19. The highest BCUT2D eigenvalue weighted by Crippen LogP contribution is 2.45. The molecule has 0 saturated heterocycles. The van der Waals surface area contributed by atoms with Crippen molar-refractivity contribution in [3.63, 3.8) is 0 Å². The fourth-order valence-corrected chi connectivity index (χ4v) is 5.91. The second-order valence-corrected chi connectivity index (χ2v) is 9.33. The molecule has 1 N–H and O–H groups in total. The van der Waals surface area contributed by atoms with Crippen molar-refractivity contribution >= 4 is 39.9 Å². The Labute approximate surface area is 203 Å². The number of ether oxygens (including phenoxy) is 1. The number of hydrogen-bond acceptors (Lipinski definition) is 4. The van der Waals surface area contributed by atoms with Gasteiger partial charge in [-0.25, -0.2) is 4.98 Å². The lowest BCUT2D eigenvalue weighted by atomic mass is 9.90. The zero-order chi connectivity index (χ0) is 22.2. The van der Waals surface area contributed by atoms with E-state index in [-0.39, 0.29) is 18.8 Å². The molecule has 6 heteroatoms. The van der Waals surface area contributed by atoms with E-state index in [9.17, 15) is 9.90 Å². The topological polar surface area (TPSA) is 59.4 Å². The number of carboxylic acids is 1. The van der Waals surface area contributed by atoms with E-state index < -0.39 is 5.97 Å². The molecule has 0 bridgehead atoms. The van der Waals surface area contributed by atoms with Gasteiger partial charge < -0.3 is 9.84 Å². The minimum absolute atomic E-state index is 0. The van der Waals surface area contributed by atoms with Gasteiger partial charge in [0.05, 0.1) is 18.7 Å². The third kappa shape index (κ3) is 4.35. The molecule has 0 saturated carbocycles. The highest BCUT2D eigenvalue weighted by atomic mass is 35.5. The summed E-state index contributed by atoms with van der Waals surface area (Å²) in [6, 6.07) is 16.2. The van der Waals surface area contributed by atoms with Gasteiger partial charge in [-0.2, -0.15) is 0 Å². The second kappa shape index (κ2) is 9.54. The molecule has 170 valence electrons. The maximum absolute atomic E-state index is 12.0. The smallest absolute Gasteiger partial charge is 0.307 e. The molecule has 0 atom stereocenters. The van der Waals surface area contributed by atoms with Crippen molar-refractivity contribution in [2.75, 3.05) is 6.61 Å². The molecule has 0 aliphatic heterocycles. The lowest BCUT2D eigenvalue weighted by Crippen LogP contribution is -2.06. The Hall–Kier alpha value is -2.89. The minimum Gasteiger partial charge on any atom is -0.494 e. The molecule has 2 aromatic heterocycles. The Bertz CT molecular complexity index is 1310. The van der Waals surface area contributed by atoms with Gasteiger partial charge in [0.1, 0.15) is 10.6 Å². The van der Waals surface area contributed by atoms with Crippen LogP contribution >= 0.6 is 23.7 Å². The maximum Gasteiger partial charge on any atom is 0.307 e. The molecule has 0 amide bonds. The number of fused-ring (bicyclic) bond motifs is 3. The Morgan fingerprint density at radius 3 is 2.42 bits per heavy atom. The molecule has 2 heterocycles. The van der Waals surface area contributed by atoms with Crippen LogP contribution < -0.4 is 4.74 Å². The predicted octanol–water partition coefficient (Wildman–Crippen LogP) is 6.88. The summed E-state index contributed by atoms with van der Waals surface area (Å²) in [7, 11) is 0. The van der Waals surface area contributed by atoms with E-state index in [1.807, 2.05) is 31.2 Å². The van der Waals surface area contributed by atoms with Crippen LogP contribution in [0.25, 0.3) is 32.6 Å². The number of carboxylic acid groups (broad SMARTS) is 1. The normalized spacial score (nSPS) is 12.4. The van der Waals surface area contributed by atoms with Crippen molar-refractivity contribution in [3.05, 3.63) is 70.1 Å². The molecular weight excluding hydrogens is 454 g/mol. The van der Waals surface area contributed by atoms with Gasteiger partial charge in [0.25, 0.3) is 0 Å². The molecule has 0 spiro atoms. The molecule has 5 rings (SSSR count). The molecule has 2 aromatic carbocycles. The number of carbonyl (C=O) groups is 1. The van der Waals surface area contributed by atoms with E-state index in [2.05, 4.69) is 31.2 Å². The van der Waals surface area contributed by atoms with Crippen molar-refractivity contribution < 1.29 is 14.6 Å². The van der Waals surface area contributed by atoms with Crippen LogP contribution in [0.2, 0.25) is 0 Å². The Morgan fingerprint density at radius 2 is 1.76 bits per heavy atom. The van der Waals surface area contributed by atoms with Gasteiger partial charge in [0.15, 0.2) is 0 Å². The fourth-order valence-electron chi connectivity index (χ4n) is 4.64. The van der Waals surface area contributed by atoms with Crippen LogP contribution in [0.1, 0.15) is 34.9 Å². The van der Waals surface area contributed by atoms with Gasteiger partial charge in [-0.15, -0.1) is 23.7 Å². The number of pyridine rings is 1. The zero-order valence-electron chi connectivity index (χ0n) is 18.7. The quantitative estimate of drug-likeness (QED) is 0.327. The molecular formula is C27H26ClNO3S. The van der Waals surface area contributed by atoms with Crippen molar-refractivity contribution in [3.8, 4) is 28.1 Å². The standard InChI is InChI=1S/C27H25NO3S.ClH/c1-3-31-19-13-11-18(12-14-19)26-21(15-23(29)30)24(17-9-7-16(2)8-10-17)25-20-5-4-6-22(20)32-27(25)28-26;/h7-14H,3-6,15H2,1-2H3,(H,29,30);1H. The molecule has 4 aromatic rings. The largest absolute Gasteiger partial charge is 0.494 e. The molecule has 33 heavy (non-hydrogen) atoms. The lowest BCUT2D eigenvalue weighted by molar-refractivity contribution is -0.136. The number of halogens is 1. The number of rotatable bonds is 6. The molecule has 1 aliphatic rings. The lowest BCUT2D eigenvalue weighted by Gasteiger charge is -2.17. The van der Waals surface area contributed by atoms with Gasteiger partial charge in [0, 0.05) is 15.8 Å². The summed E-state index contributed by atoms with van der Waals surface area (Å²) in [5.74, 6) is -0.0513. The van der Waals surface area contributed by atoms with Crippen molar-refractivity contribution in [2.24, 2.45) is 0 Å². The second-order valence-electron chi connectivity index (χ2n) is 8.25. The number of thiophene rings is 1. The molecule has 0 radical (unpaired) electrons. The van der Waals surface area contributed by atoms with Gasteiger partial charge >= 0.3 is 5.97 Å². The van der Waals surface area contributed by atoms with Crippen LogP contribution in [0.5, 0.6) is 5.75 Å². The Morgan fingerprint density at radius 1 is 1.06 bits per heavy atom. The minimum atomic E-state index is -0.849. The highest BCUT2D eigenvalue weighted by Gasteiger charge is 2.26. The predicted molar refractivity (Wildman–Crippen MR) is 137 cm³/mol. The van der Waals surface area contributed by atoms with Crippen molar-refractivity contribution in [2.45, 2.75) is 39.5 Å². The number of aliphatic carboxylic acids is 1. The van der Waals surface area contributed by atoms with E-state index in [0.29, 0.717) is 6.61 Å². The van der Waals surface area contributed by atoms with E-state index in [1.165, 1.54) is 16.0 Å². The Kier molecular flexibility index (Phi) is 6.73. The van der Waals surface area contributed by atoms with Crippen LogP contribution in [0.4, 0.5) is 0 Å². The van der Waals surface area contributed by atoms with Gasteiger partial charge in [-0.1, -0.05) is 29.8 Å². The molecule has 0 fully saturated rings. The summed E-state index contributed by atoms with van der Waals surface area (Å²) in [5.41, 5.74) is 7.07. The average Bonchev–Trinajstić information content (AvgIpc) is 3.36. The third-order valence-corrected chi connectivity index (χ3v) is 7.25. The summed E-state index contributed by atoms with van der Waals surface area (Å²) in [6.07, 6.45) is 3.19. The van der Waals surface area contributed by atoms with E-state index in [0.717, 1.165) is 63.2 Å². The summed E-state index contributed by atoms with van der Waals surface area (Å²) in [4.78, 5) is 19.4. The van der Waals surface area contributed by atoms with Crippen molar-refractivity contribution in [1.82, 2.24) is 4.98 Å². The maximum atomic E-state index is 12.0. The number of aromatic nitrogens is 1. The Balaban J connectivity index is 0.00000259. The van der Waals surface area contributed by atoms with Crippen LogP contribution in [0, 0.1) is 6.92 Å². The summed E-state index contributed by atoms with van der Waals surface area (Å²) >= 11 is 1.76. The van der Waals surface area contributed by atoms with E-state index in [4.69, 9.17) is 9.72 Å². The monoisotopic (exact) mass is 479 g/mol. The number of aryl methyl sites for hydroxylation is 3. The van der Waals surface area contributed by atoms with Crippen LogP contribution in [0.15, 0.2) is 48.5 Å². The average molecular weight is 480 g/mol. The number of benzene rings is 2. The van der Waals surface area contributed by atoms with Gasteiger partial charge in [-0.05, 0) is 79.6 Å². The van der Waals surface area contributed by atoms with E-state index >= 15 is 0 Å². The van der Waals surface area contributed by atoms with Crippen LogP contribution in [-0.4, -0.2) is 22.7 Å². The van der Waals surface area contributed by atoms with Crippen molar-refractivity contribution in [1.29, 1.82) is 0 Å². The first-order valence-electron chi connectivity index (χ1n) is 11.0. The molecule has 1 aliphatic carbocycles. The van der Waals surface area contributed by atoms with Gasteiger partial charge in [-0.3, -0.25) is 4.79 Å². The summed E-state index contributed by atoms with van der Waals surface area (Å²) in [6.45, 7) is 4.63. The number of nitrogens with zero attached hydrogens (tertiary/aromatic N) is 1. The van der Waals surface area contributed by atoms with Crippen LogP contribution in [-0.2, 0) is 24.1 Å². The summed E-state index contributed by atoms with van der Waals surface area (Å²) in [5, 5.41) is 11.0. The zero-order valence-corrected chi connectivity index (χ0v) is 20.3. The first-order valence-corrected chi connectivity index (χ1v) is 11.9. The molecule has 4 nitrogen and oxygen atoms in total. The third-order valence-electron chi connectivity index (χ3n) is 6.06. The first-order chi connectivity index (χ1) is 15.5. The molecule has 0 unspecified atom stereocenters. The fraction of sp³-hybridized carbons (Fsp3) is 0.259.